The lowest BCUT2D eigenvalue weighted by molar-refractivity contribution is 0.558. The third-order valence-electron chi connectivity index (χ3n) is 4.76. The molecule has 8 heteroatoms. The summed E-state index contributed by atoms with van der Waals surface area (Å²) < 4.78 is 16.7. The Morgan fingerprint density at radius 1 is 1.22 bits per heavy atom. The number of benzene rings is 1. The number of hydrogen-bond donors (Lipinski definition) is 1. The number of para-hydroxylation sites is 1. The van der Waals surface area contributed by atoms with Crippen LogP contribution in [0.1, 0.15) is 31.5 Å². The summed E-state index contributed by atoms with van der Waals surface area (Å²) in [6.07, 6.45) is 6.05. The van der Waals surface area contributed by atoms with E-state index in [4.69, 9.17) is 0 Å². The molecule has 0 atom stereocenters. The van der Waals surface area contributed by atoms with Gasteiger partial charge in [-0.1, -0.05) is 25.1 Å². The Kier molecular flexibility index (Phi) is 3.93. The minimum atomic E-state index is -0.371. The number of halogens is 1. The fourth-order valence-corrected chi connectivity index (χ4v) is 4.14. The number of aromatic amines is 1. The zero-order valence-corrected chi connectivity index (χ0v) is 15.5. The van der Waals surface area contributed by atoms with Gasteiger partial charge in [-0.15, -0.1) is 10.2 Å². The Morgan fingerprint density at radius 3 is 2.89 bits per heavy atom. The van der Waals surface area contributed by atoms with Crippen LogP contribution in [0.3, 0.4) is 0 Å². The van der Waals surface area contributed by atoms with Crippen LogP contribution in [0.4, 0.5) is 4.39 Å². The van der Waals surface area contributed by atoms with Gasteiger partial charge in [-0.25, -0.2) is 14.4 Å². The predicted molar refractivity (Wildman–Crippen MR) is 101 cm³/mol. The molecule has 0 bridgehead atoms. The molecule has 1 aliphatic carbocycles. The molecule has 0 spiro atoms. The average molecular weight is 380 g/mol. The second-order valence-electron chi connectivity index (χ2n) is 6.55. The quantitative estimate of drug-likeness (QED) is 0.520. The van der Waals surface area contributed by atoms with Gasteiger partial charge in [0.15, 0.2) is 16.8 Å². The number of nitrogens with one attached hydrogen (secondary N) is 1. The second kappa shape index (κ2) is 6.45. The topological polar surface area (TPSA) is 72.3 Å². The monoisotopic (exact) mass is 380 g/mol. The first kappa shape index (κ1) is 16.4. The molecule has 3 heterocycles. The third-order valence-corrected chi connectivity index (χ3v) is 5.70. The average Bonchev–Trinajstić information content (AvgIpc) is 3.31. The van der Waals surface area contributed by atoms with Crippen LogP contribution in [-0.4, -0.2) is 29.7 Å². The Balaban J connectivity index is 1.60. The molecule has 1 aromatic carbocycles. The number of hydrogen-bond acceptors (Lipinski definition) is 5. The van der Waals surface area contributed by atoms with Crippen LogP contribution in [0.2, 0.25) is 0 Å². The van der Waals surface area contributed by atoms with Crippen molar-refractivity contribution in [3.63, 3.8) is 0 Å². The second-order valence-corrected chi connectivity index (χ2v) is 7.51. The van der Waals surface area contributed by atoms with Crippen molar-refractivity contribution < 1.29 is 4.39 Å². The molecule has 0 aliphatic heterocycles. The highest BCUT2D eigenvalue weighted by molar-refractivity contribution is 7.99. The van der Waals surface area contributed by atoms with Gasteiger partial charge in [-0.3, -0.25) is 4.57 Å². The van der Waals surface area contributed by atoms with Gasteiger partial charge in [0.05, 0.1) is 5.69 Å². The van der Waals surface area contributed by atoms with Gasteiger partial charge in [0.1, 0.15) is 11.4 Å². The van der Waals surface area contributed by atoms with Crippen molar-refractivity contribution in [2.45, 2.75) is 42.4 Å². The zero-order valence-electron chi connectivity index (χ0n) is 14.7. The molecule has 136 valence electrons. The fourth-order valence-electron chi connectivity index (χ4n) is 3.24. The molecule has 3 aromatic heterocycles. The molecule has 6 nitrogen and oxygen atoms in total. The van der Waals surface area contributed by atoms with Crippen LogP contribution in [0.25, 0.3) is 22.3 Å². The molecule has 1 saturated carbocycles. The number of H-pyrrole nitrogens is 1. The minimum absolute atomic E-state index is 0.293. The van der Waals surface area contributed by atoms with E-state index in [1.165, 1.54) is 18.1 Å². The van der Waals surface area contributed by atoms with Crippen molar-refractivity contribution in [3.8, 4) is 11.4 Å². The van der Waals surface area contributed by atoms with Crippen LogP contribution < -0.4 is 0 Å². The molecular formula is C19H17FN6S. The fraction of sp³-hybridized carbons (Fsp3) is 0.263. The molecule has 1 aliphatic rings. The maximum absolute atomic E-state index is 14.6. The summed E-state index contributed by atoms with van der Waals surface area (Å²) in [6.45, 7) is 1.88. The summed E-state index contributed by atoms with van der Waals surface area (Å²) in [7, 11) is 0. The van der Waals surface area contributed by atoms with E-state index in [-0.39, 0.29) is 5.82 Å². The van der Waals surface area contributed by atoms with Crippen LogP contribution in [-0.2, 0) is 6.42 Å². The normalized spacial score (nSPS) is 14.1. The first-order valence-electron chi connectivity index (χ1n) is 8.95. The summed E-state index contributed by atoms with van der Waals surface area (Å²) in [5.41, 5.74) is 2.48. The summed E-state index contributed by atoms with van der Waals surface area (Å²) in [5, 5.41) is 10.9. The van der Waals surface area contributed by atoms with Crippen molar-refractivity contribution in [3.05, 3.63) is 48.3 Å². The van der Waals surface area contributed by atoms with Gasteiger partial charge < -0.3 is 4.98 Å². The number of rotatable bonds is 5. The summed E-state index contributed by atoms with van der Waals surface area (Å²) >= 11 is 1.22. The standard InChI is InChI=1S/C19H17FN6S/c1-2-14-16(20)18(23-10-22-14)27-19-25-24-17(26(19)11-7-8-11)13-9-21-15-6-4-3-5-12(13)15/h3-6,9-11,21H,2,7-8H2,1H3. The van der Waals surface area contributed by atoms with Gasteiger partial charge in [-0.2, -0.15) is 0 Å². The molecule has 1 fully saturated rings. The van der Waals surface area contributed by atoms with Crippen LogP contribution in [0, 0.1) is 5.82 Å². The van der Waals surface area contributed by atoms with E-state index in [2.05, 4.69) is 35.8 Å². The van der Waals surface area contributed by atoms with Crippen molar-refractivity contribution in [2.75, 3.05) is 0 Å². The molecule has 5 rings (SSSR count). The third kappa shape index (κ3) is 2.80. The summed E-state index contributed by atoms with van der Waals surface area (Å²) in [6, 6.07) is 8.46. The predicted octanol–water partition coefficient (Wildman–Crippen LogP) is 4.40. The van der Waals surface area contributed by atoms with Crippen LogP contribution >= 0.6 is 11.8 Å². The van der Waals surface area contributed by atoms with E-state index in [0.717, 1.165) is 35.1 Å². The number of aryl methyl sites for hydroxylation is 1. The molecular weight excluding hydrogens is 363 g/mol. The maximum atomic E-state index is 14.6. The van der Waals surface area contributed by atoms with Crippen LogP contribution in [0.15, 0.2) is 47.0 Å². The number of fused-ring (bicyclic) bond motifs is 1. The van der Waals surface area contributed by atoms with Crippen molar-refractivity contribution >= 4 is 22.7 Å². The summed E-state index contributed by atoms with van der Waals surface area (Å²) in [4.78, 5) is 11.4. The highest BCUT2D eigenvalue weighted by atomic mass is 32.2. The molecule has 27 heavy (non-hydrogen) atoms. The van der Waals surface area contributed by atoms with E-state index < -0.39 is 0 Å². The molecule has 1 N–H and O–H groups in total. The largest absolute Gasteiger partial charge is 0.360 e. The zero-order chi connectivity index (χ0) is 18.4. The molecule has 0 unspecified atom stereocenters. The smallest absolute Gasteiger partial charge is 0.198 e. The van der Waals surface area contributed by atoms with E-state index in [9.17, 15) is 4.39 Å². The first-order chi connectivity index (χ1) is 13.3. The van der Waals surface area contributed by atoms with Gasteiger partial charge in [0, 0.05) is 28.7 Å². The SMILES string of the molecule is CCc1ncnc(Sc2nnc(-c3c[nH]c4ccccc34)n2C2CC2)c1F. The van der Waals surface area contributed by atoms with Crippen LogP contribution in [0.5, 0.6) is 0 Å². The highest BCUT2D eigenvalue weighted by Crippen LogP contribution is 2.43. The Hall–Kier alpha value is -2.74. The van der Waals surface area contributed by atoms with Gasteiger partial charge in [0.2, 0.25) is 0 Å². The minimum Gasteiger partial charge on any atom is -0.360 e. The lowest BCUT2D eigenvalue weighted by atomic mass is 10.1. The Morgan fingerprint density at radius 2 is 2.07 bits per heavy atom. The first-order valence-corrected chi connectivity index (χ1v) is 9.76. The van der Waals surface area contributed by atoms with Crippen molar-refractivity contribution in [1.29, 1.82) is 0 Å². The highest BCUT2D eigenvalue weighted by Gasteiger charge is 2.31. The van der Waals surface area contributed by atoms with Crippen molar-refractivity contribution in [1.82, 2.24) is 29.7 Å². The van der Waals surface area contributed by atoms with E-state index >= 15 is 0 Å². The Labute approximate surface area is 159 Å². The maximum Gasteiger partial charge on any atom is 0.198 e. The lowest BCUT2D eigenvalue weighted by Crippen LogP contribution is -2.02. The van der Waals surface area contributed by atoms with E-state index in [1.54, 1.807) is 0 Å². The lowest BCUT2D eigenvalue weighted by Gasteiger charge is -2.09. The van der Waals surface area contributed by atoms with Gasteiger partial charge >= 0.3 is 0 Å². The van der Waals surface area contributed by atoms with Gasteiger partial charge in [-0.05, 0) is 37.1 Å². The molecule has 0 amide bonds. The summed E-state index contributed by atoms with van der Waals surface area (Å²) in [5.74, 6) is 0.437. The number of aromatic nitrogens is 6. The van der Waals surface area contributed by atoms with E-state index in [1.807, 2.05) is 31.3 Å². The van der Waals surface area contributed by atoms with Crippen molar-refractivity contribution in [2.24, 2.45) is 0 Å². The molecule has 0 saturated heterocycles. The molecule has 4 aromatic rings. The van der Waals surface area contributed by atoms with E-state index in [0.29, 0.717) is 28.3 Å². The van der Waals surface area contributed by atoms with Gasteiger partial charge in [0.25, 0.3) is 0 Å². The Bertz CT molecular complexity index is 1130. The molecule has 0 radical (unpaired) electrons. The number of nitrogens with zero attached hydrogens (tertiary/aromatic N) is 5.